The minimum Gasteiger partial charge on any atom is -0.496 e. The summed E-state index contributed by atoms with van der Waals surface area (Å²) < 4.78 is 55.5. The highest BCUT2D eigenvalue weighted by Gasteiger charge is 2.80. The number of para-hydroxylation sites is 1. The number of aromatic amines is 1. The van der Waals surface area contributed by atoms with Crippen LogP contribution in [0.15, 0.2) is 48.6 Å². The number of hydrogen-bond donors (Lipinski definition) is 5. The van der Waals surface area contributed by atoms with Gasteiger partial charge in [0.05, 0.1) is 33.0 Å². The summed E-state index contributed by atoms with van der Waals surface area (Å²) >= 11 is 0. The summed E-state index contributed by atoms with van der Waals surface area (Å²) in [5, 5.41) is 26.3. The maximum Gasteiger partial charge on any atom is 0.394 e. The number of esters is 3. The third-order valence-corrected chi connectivity index (χ3v) is 15.6. The Balaban J connectivity index is 0.00000106. The first-order valence-electron chi connectivity index (χ1n) is 21.9. The first kappa shape index (κ1) is 46.0. The van der Waals surface area contributed by atoms with Crippen LogP contribution < -0.4 is 9.64 Å². The van der Waals surface area contributed by atoms with Crippen LogP contribution in [0.3, 0.4) is 0 Å². The summed E-state index contributed by atoms with van der Waals surface area (Å²) in [6.45, 7) is 8.62. The number of benzene rings is 2. The van der Waals surface area contributed by atoms with Gasteiger partial charge in [0.15, 0.2) is 6.10 Å². The van der Waals surface area contributed by atoms with Crippen molar-refractivity contribution in [2.75, 3.05) is 66.0 Å². The normalized spacial score (nSPS) is 35.0. The number of aliphatic hydroxyl groups is 2. The zero-order valence-corrected chi connectivity index (χ0v) is 38.2. The predicted octanol–water partition coefficient (Wildman–Crippen LogP) is 3.34. The largest absolute Gasteiger partial charge is 0.496 e. The van der Waals surface area contributed by atoms with Crippen molar-refractivity contribution in [3.8, 4) is 5.75 Å². The third kappa shape index (κ3) is 6.69. The first-order valence-corrected chi connectivity index (χ1v) is 23.3. The molecule has 1 aliphatic carbocycles. The van der Waals surface area contributed by atoms with Crippen LogP contribution in [0.4, 0.5) is 5.69 Å². The van der Waals surface area contributed by atoms with E-state index in [1.54, 1.807) is 7.11 Å². The van der Waals surface area contributed by atoms with Gasteiger partial charge >= 0.3 is 28.3 Å². The lowest BCUT2D eigenvalue weighted by atomic mass is 9.47. The van der Waals surface area contributed by atoms with Gasteiger partial charge in [-0.2, -0.15) is 8.42 Å². The molecule has 0 amide bonds. The van der Waals surface area contributed by atoms with Gasteiger partial charge in [0.25, 0.3) is 0 Å². The Morgan fingerprint density at radius 3 is 2.28 bits per heavy atom. The van der Waals surface area contributed by atoms with Gasteiger partial charge in [0, 0.05) is 90.9 Å². The van der Waals surface area contributed by atoms with Crippen LogP contribution in [-0.2, 0) is 56.2 Å². The van der Waals surface area contributed by atoms with Gasteiger partial charge in [0.2, 0.25) is 5.60 Å². The monoisotopic (exact) mass is 908 g/mol. The van der Waals surface area contributed by atoms with Crippen molar-refractivity contribution in [2.45, 2.75) is 99.5 Å². The molecule has 1 saturated carbocycles. The highest BCUT2D eigenvalue weighted by Crippen LogP contribution is 2.68. The molecule has 6 heterocycles. The predicted molar refractivity (Wildman–Crippen MR) is 235 cm³/mol. The zero-order valence-electron chi connectivity index (χ0n) is 37.4. The number of carbonyl (C=O) groups is 3. The summed E-state index contributed by atoms with van der Waals surface area (Å²) in [5.41, 5.74) is -1.62. The van der Waals surface area contributed by atoms with Gasteiger partial charge in [0.1, 0.15) is 11.2 Å². The number of piperidine rings is 1. The fraction of sp³-hybridized carbons (Fsp3) is 0.587. The van der Waals surface area contributed by atoms with Crippen LogP contribution >= 0.6 is 0 Å². The molecule has 5 N–H and O–H groups in total. The van der Waals surface area contributed by atoms with Crippen LogP contribution in [0.1, 0.15) is 75.3 Å². The topological polar surface area (TPSA) is 229 Å². The van der Waals surface area contributed by atoms with Gasteiger partial charge < -0.3 is 39.0 Å². The number of carbonyl (C=O) groups excluding carboxylic acids is 3. The maximum absolute atomic E-state index is 15.3. The second kappa shape index (κ2) is 16.1. The molecule has 2 aromatic carbocycles. The molecule has 18 heteroatoms. The summed E-state index contributed by atoms with van der Waals surface area (Å²) in [5.74, 6) is -1.56. The summed E-state index contributed by atoms with van der Waals surface area (Å²) in [6.07, 6.45) is 5.94. The molecule has 6 aliphatic rings. The average Bonchev–Trinajstić information content (AvgIpc) is 3.92. The highest BCUT2D eigenvalue weighted by molar-refractivity contribution is 7.79. The molecule has 2 bridgehead atoms. The van der Waals surface area contributed by atoms with Crippen LogP contribution in [0.5, 0.6) is 5.75 Å². The molecule has 64 heavy (non-hydrogen) atoms. The molecule has 2 saturated heterocycles. The van der Waals surface area contributed by atoms with Crippen LogP contribution in [0.2, 0.25) is 0 Å². The van der Waals surface area contributed by atoms with Crippen molar-refractivity contribution in [1.29, 1.82) is 0 Å². The number of ether oxygens (including phenoxy) is 4. The fourth-order valence-electron chi connectivity index (χ4n) is 13.5. The number of rotatable bonds is 7. The first-order chi connectivity index (χ1) is 30.2. The summed E-state index contributed by atoms with van der Waals surface area (Å²) in [4.78, 5) is 53.2. The smallest absolute Gasteiger partial charge is 0.394 e. The molecule has 0 radical (unpaired) electrons. The van der Waals surface area contributed by atoms with E-state index in [2.05, 4.69) is 39.1 Å². The second-order valence-electron chi connectivity index (χ2n) is 18.7. The molecule has 3 fully saturated rings. The van der Waals surface area contributed by atoms with Crippen LogP contribution in [0.25, 0.3) is 10.9 Å². The van der Waals surface area contributed by atoms with Crippen molar-refractivity contribution in [1.82, 2.24) is 14.8 Å². The lowest BCUT2D eigenvalue weighted by Gasteiger charge is -2.63. The van der Waals surface area contributed by atoms with E-state index >= 15 is 4.79 Å². The number of hydrogen-bond acceptors (Lipinski definition) is 14. The number of H-pyrrole nitrogens is 1. The molecule has 10 atom stereocenters. The number of anilines is 1. The Hall–Kier alpha value is -4.56. The molecule has 17 nitrogen and oxygen atoms in total. The van der Waals surface area contributed by atoms with E-state index in [0.717, 1.165) is 33.4 Å². The Bertz CT molecular complexity index is 2500. The summed E-state index contributed by atoms with van der Waals surface area (Å²) in [7, 11) is 1.49. The van der Waals surface area contributed by atoms with Gasteiger partial charge in [-0.25, -0.2) is 4.79 Å². The standard InChI is InChI=1S/C46H58N4O9.H2O4S/c1-8-42(54)23-28-24-45(40(52)57-6,36-30(15-19-49(25-28)26-42)29-13-10-11-14-33(29)47-36)32-21-31-34(22-35(32)56-5)48(4)38-44(31)17-20-50-18-12-16-43(9-2,37(44)50)39(59-27(3)51)46(38,55)41(53)58-7;1-5(2,3)4/h10-14,16,21-22,28,37-39,47,54-55H,8-9,15,17-20,23-26H2,1-7H3;(H2,1,2,3,4)/t28-,37?,38?,39-,42+,43-,44-,45+,46+;/m1./s1. The number of fused-ring (bicyclic) bond motifs is 6. The minimum atomic E-state index is -4.67. The van der Waals surface area contributed by atoms with Gasteiger partial charge in [-0.1, -0.05) is 44.2 Å². The number of methoxy groups -OCH3 is 3. The Labute approximate surface area is 373 Å². The Morgan fingerprint density at radius 2 is 1.64 bits per heavy atom. The molecular weight excluding hydrogens is 849 g/mol. The number of nitrogens with one attached hydrogen (secondary N) is 1. The van der Waals surface area contributed by atoms with E-state index in [1.807, 2.05) is 50.1 Å². The molecule has 1 spiro atoms. The quantitative estimate of drug-likeness (QED) is 0.0992. The van der Waals surface area contributed by atoms with Crippen LogP contribution in [0, 0.1) is 11.3 Å². The molecule has 9 rings (SSSR count). The Kier molecular flexibility index (Phi) is 11.6. The molecule has 3 unspecified atom stereocenters. The zero-order chi connectivity index (χ0) is 46.4. The van der Waals surface area contributed by atoms with Crippen molar-refractivity contribution in [3.05, 3.63) is 70.9 Å². The highest BCUT2D eigenvalue weighted by atomic mass is 32.3. The Morgan fingerprint density at radius 1 is 0.938 bits per heavy atom. The molecule has 5 aliphatic heterocycles. The van der Waals surface area contributed by atoms with Crippen molar-refractivity contribution in [2.24, 2.45) is 11.3 Å². The molecule has 1 aromatic heterocycles. The van der Waals surface area contributed by atoms with E-state index in [-0.39, 0.29) is 12.0 Å². The second-order valence-corrected chi connectivity index (χ2v) is 19.5. The number of likely N-dealkylation sites (N-methyl/N-ethyl adjacent to an activating group) is 1. The van der Waals surface area contributed by atoms with E-state index < -0.39 is 67.9 Å². The SMILES string of the molecule is CC[C@]1(O)C[C@H]2CN(CCc3c([nH]c4ccccc34)[C@@](C(=O)OC)(c3cc4c(cc3OC)N(C)C3[C@]45CCN4CC=C[C@](CC)(C45)[C@@H](OC(C)=O)[C@]3(O)C(=O)OC)C2)C1.O=S(=O)(O)O. The number of aromatic nitrogens is 1. The van der Waals surface area contributed by atoms with Crippen molar-refractivity contribution >= 4 is 44.9 Å². The van der Waals surface area contributed by atoms with E-state index in [1.165, 1.54) is 21.1 Å². The van der Waals surface area contributed by atoms with E-state index in [0.29, 0.717) is 82.6 Å². The van der Waals surface area contributed by atoms with Crippen LogP contribution in [-0.4, -0.2) is 151 Å². The fourth-order valence-corrected chi connectivity index (χ4v) is 13.5. The van der Waals surface area contributed by atoms with Gasteiger partial charge in [-0.3, -0.25) is 28.5 Å². The minimum absolute atomic E-state index is 0.0986. The molecule has 3 aromatic rings. The lowest BCUT2D eigenvalue weighted by Crippen LogP contribution is -2.81. The summed E-state index contributed by atoms with van der Waals surface area (Å²) in [6, 6.07) is 11.0. The maximum atomic E-state index is 15.3. The average molecular weight is 909 g/mol. The van der Waals surface area contributed by atoms with E-state index in [9.17, 15) is 19.8 Å². The number of nitrogens with zero attached hydrogens (tertiary/aromatic N) is 3. The van der Waals surface area contributed by atoms with Gasteiger partial charge in [-0.15, -0.1) is 0 Å². The molecule has 348 valence electrons. The lowest BCUT2D eigenvalue weighted by molar-refractivity contribution is -0.228. The third-order valence-electron chi connectivity index (χ3n) is 15.6. The van der Waals surface area contributed by atoms with E-state index in [4.69, 9.17) is 36.5 Å². The van der Waals surface area contributed by atoms with Gasteiger partial charge in [-0.05, 0) is 74.2 Å². The van der Waals surface area contributed by atoms with Crippen molar-refractivity contribution in [3.63, 3.8) is 0 Å². The molecular formula is C46H60N4O13S. The van der Waals surface area contributed by atoms with Crippen molar-refractivity contribution < 1.29 is 61.1 Å².